The van der Waals surface area contributed by atoms with E-state index in [1.165, 1.54) is 0 Å². The topological polar surface area (TPSA) is 94.7 Å². The Morgan fingerprint density at radius 2 is 1.78 bits per heavy atom. The molecule has 0 aliphatic rings. The Morgan fingerprint density at radius 1 is 1.04 bits per heavy atom. The van der Waals surface area contributed by atoms with E-state index in [1.807, 2.05) is 19.1 Å². The van der Waals surface area contributed by atoms with Crippen molar-refractivity contribution in [2.45, 2.75) is 27.7 Å². The molecule has 144 valence electrons. The molecular weight excluding hydrogens is 350 g/mol. The Kier molecular flexibility index (Phi) is 6.76. The molecule has 0 fully saturated rings. The maximum Gasteiger partial charge on any atom is 0.344 e. The molecule has 0 aliphatic heterocycles. The van der Waals surface area contributed by atoms with E-state index < -0.39 is 24.3 Å². The summed E-state index contributed by atoms with van der Waals surface area (Å²) in [7, 11) is 0. The third kappa shape index (κ3) is 5.20. The molecule has 1 heterocycles. The molecule has 0 unspecified atom stereocenters. The standard InChI is InChI=1S/C20H23NO6/c1-5-25-20(24)18-13(3)19(21-14(18)4)16(22)10-27-17(23)11-26-15-8-6-7-12(2)9-15/h6-9,21H,5,10-11H2,1-4H3. The van der Waals surface area contributed by atoms with Gasteiger partial charge in [0.25, 0.3) is 0 Å². The van der Waals surface area contributed by atoms with Crippen LogP contribution >= 0.6 is 0 Å². The Labute approximate surface area is 157 Å². The molecular formula is C20H23NO6. The minimum absolute atomic E-state index is 0.225. The second kappa shape index (κ2) is 9.02. The lowest BCUT2D eigenvalue weighted by molar-refractivity contribution is -0.144. The SMILES string of the molecule is CCOC(=O)c1c(C)[nH]c(C(=O)COC(=O)COc2cccc(C)c2)c1C. The van der Waals surface area contributed by atoms with Crippen LogP contribution in [0.25, 0.3) is 0 Å². The molecule has 1 N–H and O–H groups in total. The summed E-state index contributed by atoms with van der Waals surface area (Å²) in [5, 5.41) is 0. The van der Waals surface area contributed by atoms with Gasteiger partial charge in [-0.25, -0.2) is 9.59 Å². The van der Waals surface area contributed by atoms with Crippen molar-refractivity contribution in [3.05, 3.63) is 52.3 Å². The van der Waals surface area contributed by atoms with E-state index in [9.17, 15) is 14.4 Å². The summed E-state index contributed by atoms with van der Waals surface area (Å²) in [6, 6.07) is 7.25. The number of hydrogen-bond acceptors (Lipinski definition) is 6. The summed E-state index contributed by atoms with van der Waals surface area (Å²) in [6.07, 6.45) is 0. The molecule has 0 radical (unpaired) electrons. The average Bonchev–Trinajstić information content (AvgIpc) is 2.92. The predicted octanol–water partition coefficient (Wildman–Crippen LogP) is 2.92. The number of H-pyrrole nitrogens is 1. The lowest BCUT2D eigenvalue weighted by Gasteiger charge is -2.07. The highest BCUT2D eigenvalue weighted by atomic mass is 16.6. The normalized spacial score (nSPS) is 10.4. The number of carbonyl (C=O) groups excluding carboxylic acids is 3. The largest absolute Gasteiger partial charge is 0.482 e. The molecule has 1 aromatic carbocycles. The van der Waals surface area contributed by atoms with Crippen molar-refractivity contribution >= 4 is 17.7 Å². The summed E-state index contributed by atoms with van der Waals surface area (Å²) in [6.45, 7) is 6.44. The van der Waals surface area contributed by atoms with E-state index in [0.29, 0.717) is 22.6 Å². The van der Waals surface area contributed by atoms with Crippen LogP contribution in [0, 0.1) is 20.8 Å². The van der Waals surface area contributed by atoms with Crippen LogP contribution in [-0.2, 0) is 14.3 Å². The van der Waals surface area contributed by atoms with Gasteiger partial charge in [0.05, 0.1) is 17.9 Å². The Morgan fingerprint density at radius 3 is 2.44 bits per heavy atom. The van der Waals surface area contributed by atoms with Gasteiger partial charge in [0.2, 0.25) is 5.78 Å². The summed E-state index contributed by atoms with van der Waals surface area (Å²) >= 11 is 0. The van der Waals surface area contributed by atoms with E-state index in [1.54, 1.807) is 32.9 Å². The maximum atomic E-state index is 12.3. The molecule has 0 amide bonds. The minimum atomic E-state index is -0.656. The third-order valence-corrected chi connectivity index (χ3v) is 3.91. The lowest BCUT2D eigenvalue weighted by atomic mass is 10.1. The third-order valence-electron chi connectivity index (χ3n) is 3.91. The zero-order valence-electron chi connectivity index (χ0n) is 15.9. The summed E-state index contributed by atoms with van der Waals surface area (Å²) < 4.78 is 15.3. The van der Waals surface area contributed by atoms with Gasteiger partial charge in [0, 0.05) is 5.69 Å². The summed E-state index contributed by atoms with van der Waals surface area (Å²) in [5.41, 5.74) is 2.56. The number of benzene rings is 1. The first kappa shape index (κ1) is 20.2. The van der Waals surface area contributed by atoms with Crippen molar-refractivity contribution < 1.29 is 28.6 Å². The Hall–Kier alpha value is -3.09. The number of carbonyl (C=O) groups is 3. The Bertz CT molecular complexity index is 852. The average molecular weight is 373 g/mol. The van der Waals surface area contributed by atoms with E-state index in [0.717, 1.165) is 5.56 Å². The second-order valence-corrected chi connectivity index (χ2v) is 6.03. The van der Waals surface area contributed by atoms with Gasteiger partial charge in [-0.3, -0.25) is 4.79 Å². The molecule has 1 aromatic heterocycles. The quantitative estimate of drug-likeness (QED) is 0.565. The molecule has 0 saturated heterocycles. The van der Waals surface area contributed by atoms with Crippen LogP contribution in [0.1, 0.15) is 44.6 Å². The van der Waals surface area contributed by atoms with Gasteiger partial charge in [0.1, 0.15) is 5.75 Å². The van der Waals surface area contributed by atoms with Crippen molar-refractivity contribution in [3.8, 4) is 5.75 Å². The second-order valence-electron chi connectivity index (χ2n) is 6.03. The van der Waals surface area contributed by atoms with Crippen LogP contribution in [0.5, 0.6) is 5.75 Å². The minimum Gasteiger partial charge on any atom is -0.482 e. The van der Waals surface area contributed by atoms with Crippen LogP contribution < -0.4 is 4.74 Å². The number of aromatic nitrogens is 1. The van der Waals surface area contributed by atoms with E-state index in [4.69, 9.17) is 14.2 Å². The molecule has 0 aliphatic carbocycles. The number of rotatable bonds is 8. The van der Waals surface area contributed by atoms with Crippen LogP contribution in [-0.4, -0.2) is 42.5 Å². The van der Waals surface area contributed by atoms with E-state index >= 15 is 0 Å². The first-order valence-corrected chi connectivity index (χ1v) is 8.58. The first-order chi connectivity index (χ1) is 12.8. The van der Waals surface area contributed by atoms with Crippen LogP contribution in [0.4, 0.5) is 0 Å². The fourth-order valence-corrected chi connectivity index (χ4v) is 2.65. The van der Waals surface area contributed by atoms with Gasteiger partial charge in [-0.15, -0.1) is 0 Å². The zero-order valence-corrected chi connectivity index (χ0v) is 15.9. The van der Waals surface area contributed by atoms with Crippen LogP contribution in [0.15, 0.2) is 24.3 Å². The van der Waals surface area contributed by atoms with Crippen molar-refractivity contribution in [1.29, 1.82) is 0 Å². The van der Waals surface area contributed by atoms with Crippen LogP contribution in [0.3, 0.4) is 0 Å². The molecule has 27 heavy (non-hydrogen) atoms. The smallest absolute Gasteiger partial charge is 0.344 e. The van der Waals surface area contributed by atoms with Gasteiger partial charge >= 0.3 is 11.9 Å². The number of Topliss-reactive ketones (excluding diaryl/α,β-unsaturated/α-hetero) is 1. The molecule has 2 rings (SSSR count). The summed E-state index contributed by atoms with van der Waals surface area (Å²) in [4.78, 5) is 39.0. The summed E-state index contributed by atoms with van der Waals surface area (Å²) in [5.74, 6) is -1.04. The first-order valence-electron chi connectivity index (χ1n) is 8.58. The number of ether oxygens (including phenoxy) is 3. The fourth-order valence-electron chi connectivity index (χ4n) is 2.65. The van der Waals surface area contributed by atoms with Crippen molar-refractivity contribution in [1.82, 2.24) is 4.98 Å². The number of aromatic amines is 1. The predicted molar refractivity (Wildman–Crippen MR) is 98.2 cm³/mol. The van der Waals surface area contributed by atoms with E-state index in [2.05, 4.69) is 4.98 Å². The monoisotopic (exact) mass is 373 g/mol. The van der Waals surface area contributed by atoms with Gasteiger partial charge in [-0.2, -0.15) is 0 Å². The number of aryl methyl sites for hydroxylation is 2. The molecule has 0 atom stereocenters. The lowest BCUT2D eigenvalue weighted by Crippen LogP contribution is -2.20. The molecule has 0 spiro atoms. The van der Waals surface area contributed by atoms with Crippen molar-refractivity contribution in [2.75, 3.05) is 19.8 Å². The van der Waals surface area contributed by atoms with E-state index in [-0.39, 0.29) is 18.9 Å². The molecule has 0 bridgehead atoms. The highest BCUT2D eigenvalue weighted by Gasteiger charge is 2.23. The van der Waals surface area contributed by atoms with Gasteiger partial charge in [-0.1, -0.05) is 12.1 Å². The molecule has 7 nitrogen and oxygen atoms in total. The molecule has 7 heteroatoms. The zero-order chi connectivity index (χ0) is 20.0. The number of nitrogens with one attached hydrogen (secondary N) is 1. The number of hydrogen-bond donors (Lipinski definition) is 1. The van der Waals surface area contributed by atoms with Crippen molar-refractivity contribution in [2.24, 2.45) is 0 Å². The molecule has 2 aromatic rings. The van der Waals surface area contributed by atoms with Gasteiger partial charge < -0.3 is 19.2 Å². The van der Waals surface area contributed by atoms with Crippen LogP contribution in [0.2, 0.25) is 0 Å². The number of ketones is 1. The van der Waals surface area contributed by atoms with Crippen molar-refractivity contribution in [3.63, 3.8) is 0 Å². The van der Waals surface area contributed by atoms with Gasteiger partial charge in [0.15, 0.2) is 13.2 Å². The highest BCUT2D eigenvalue weighted by molar-refractivity contribution is 6.02. The Balaban J connectivity index is 1.92. The fraction of sp³-hybridized carbons (Fsp3) is 0.350. The highest BCUT2D eigenvalue weighted by Crippen LogP contribution is 2.19. The maximum absolute atomic E-state index is 12.3. The van der Waals surface area contributed by atoms with Gasteiger partial charge in [-0.05, 0) is 51.0 Å². The number of esters is 2. The molecule has 0 saturated carbocycles.